The lowest BCUT2D eigenvalue weighted by molar-refractivity contribution is 0.0700. The second-order valence-electron chi connectivity index (χ2n) is 6.19. The van der Waals surface area contributed by atoms with Crippen LogP contribution < -0.4 is 4.72 Å². The van der Waals surface area contributed by atoms with Gasteiger partial charge in [0.1, 0.15) is 17.8 Å². The minimum atomic E-state index is -3.56. The summed E-state index contributed by atoms with van der Waals surface area (Å²) < 4.78 is 25.5. The maximum Gasteiger partial charge on any atom is 0.338 e. The number of aromatic carboxylic acids is 1. The Morgan fingerprint density at radius 1 is 1.00 bits per heavy atom. The van der Waals surface area contributed by atoms with E-state index in [9.17, 15) is 18.3 Å². The highest BCUT2D eigenvalue weighted by Gasteiger charge is 2.17. The summed E-state index contributed by atoms with van der Waals surface area (Å²) in [5.74, 6) is -1.26. The number of anilines is 1. The van der Waals surface area contributed by atoms with Gasteiger partial charge < -0.3 is 5.11 Å². The number of carboxylic acids is 1. The molecule has 0 bridgehead atoms. The molecule has 0 saturated heterocycles. The van der Waals surface area contributed by atoms with Crippen molar-refractivity contribution in [2.45, 2.75) is 0 Å². The van der Waals surface area contributed by atoms with Gasteiger partial charge >= 0.3 is 5.97 Å². The van der Waals surface area contributed by atoms with Crippen LogP contribution in [0.15, 0.2) is 58.8 Å². The third-order valence-electron chi connectivity index (χ3n) is 4.07. The van der Waals surface area contributed by atoms with Gasteiger partial charge in [-0.05, 0) is 30.3 Å². The Morgan fingerprint density at radius 3 is 2.37 bits per heavy atom. The second-order valence-corrected chi connectivity index (χ2v) is 7.94. The first-order chi connectivity index (χ1) is 14.2. The summed E-state index contributed by atoms with van der Waals surface area (Å²) in [5.41, 5.74) is 0.736. The van der Waals surface area contributed by atoms with Crippen molar-refractivity contribution in [3.05, 3.63) is 65.2 Å². The lowest BCUT2D eigenvalue weighted by atomic mass is 10.0. The molecule has 0 radical (unpaired) electrons. The zero-order valence-electron chi connectivity index (χ0n) is 15.5. The van der Waals surface area contributed by atoms with Gasteiger partial charge in [-0.25, -0.2) is 13.2 Å². The van der Waals surface area contributed by atoms with Crippen LogP contribution in [-0.2, 0) is 10.0 Å². The second kappa shape index (κ2) is 7.99. The average Bonchev–Trinajstić information content (AvgIpc) is 2.70. The molecule has 0 heterocycles. The maximum atomic E-state index is 11.9. The van der Waals surface area contributed by atoms with Crippen LogP contribution in [0.5, 0.6) is 0 Å². The van der Waals surface area contributed by atoms with Gasteiger partial charge in [0.2, 0.25) is 10.0 Å². The number of benzene rings is 3. The molecule has 0 amide bonds. The van der Waals surface area contributed by atoms with E-state index >= 15 is 0 Å². The smallest absolute Gasteiger partial charge is 0.338 e. The highest BCUT2D eigenvalue weighted by molar-refractivity contribution is 7.92. The van der Waals surface area contributed by atoms with Crippen LogP contribution in [0.25, 0.3) is 10.8 Å². The fraction of sp³-hybridized carbons (Fsp3) is 0.0500. The number of nitriles is 2. The quantitative estimate of drug-likeness (QED) is 0.594. The molecule has 30 heavy (non-hydrogen) atoms. The molecule has 3 aromatic rings. The van der Waals surface area contributed by atoms with Crippen molar-refractivity contribution in [3.8, 4) is 12.1 Å². The Kier molecular flexibility index (Phi) is 5.45. The SMILES string of the molecule is CS(=O)(=O)Nc1cccc2c(C(=O)O)c(N=Nc3ccc(C#N)c(C#N)c3)ccc12. The molecule has 0 aromatic heterocycles. The molecule has 9 nitrogen and oxygen atoms in total. The number of nitrogens with zero attached hydrogens (tertiary/aromatic N) is 4. The molecule has 0 atom stereocenters. The Labute approximate surface area is 171 Å². The summed E-state index contributed by atoms with van der Waals surface area (Å²) in [5, 5.41) is 36.4. The highest BCUT2D eigenvalue weighted by Crippen LogP contribution is 2.34. The van der Waals surface area contributed by atoms with Crippen LogP contribution >= 0.6 is 0 Å². The number of sulfonamides is 1. The van der Waals surface area contributed by atoms with E-state index in [1.54, 1.807) is 12.1 Å². The first-order valence-electron chi connectivity index (χ1n) is 8.36. The largest absolute Gasteiger partial charge is 0.478 e. The normalized spacial score (nSPS) is 11.2. The van der Waals surface area contributed by atoms with Gasteiger partial charge in [-0.15, -0.1) is 5.11 Å². The Morgan fingerprint density at radius 2 is 1.73 bits per heavy atom. The molecule has 0 aliphatic heterocycles. The van der Waals surface area contributed by atoms with E-state index in [4.69, 9.17) is 10.5 Å². The summed E-state index contributed by atoms with van der Waals surface area (Å²) in [4.78, 5) is 11.9. The third-order valence-corrected chi connectivity index (χ3v) is 4.66. The van der Waals surface area contributed by atoms with Crippen LogP contribution in [0.1, 0.15) is 21.5 Å². The van der Waals surface area contributed by atoms with Gasteiger partial charge in [0.15, 0.2) is 0 Å². The fourth-order valence-electron chi connectivity index (χ4n) is 2.84. The molecule has 0 saturated carbocycles. The summed E-state index contributed by atoms with van der Waals surface area (Å²) in [6.07, 6.45) is 1.000. The molecule has 148 valence electrons. The number of carboxylic acid groups (broad SMARTS) is 1. The molecule has 3 aromatic carbocycles. The Bertz CT molecular complexity index is 1400. The average molecular weight is 419 g/mol. The standard InChI is InChI=1S/C20H13N5O4S/c1-30(28,29)25-17-4-2-3-16-15(17)7-8-18(19(16)20(26)27)24-23-14-6-5-12(10-21)13(9-14)11-22/h2-9,25H,1H3,(H,26,27). The van der Waals surface area contributed by atoms with E-state index in [1.165, 1.54) is 36.4 Å². The monoisotopic (exact) mass is 419 g/mol. The van der Waals surface area contributed by atoms with Crippen LogP contribution in [0.2, 0.25) is 0 Å². The third kappa shape index (κ3) is 4.24. The molecule has 0 unspecified atom stereocenters. The summed E-state index contributed by atoms with van der Waals surface area (Å²) >= 11 is 0. The van der Waals surface area contributed by atoms with Gasteiger partial charge in [-0.2, -0.15) is 15.6 Å². The minimum Gasteiger partial charge on any atom is -0.478 e. The molecule has 0 fully saturated rings. The van der Waals surface area contributed by atoms with Crippen molar-refractivity contribution in [1.82, 2.24) is 0 Å². The lowest BCUT2D eigenvalue weighted by Gasteiger charge is -2.11. The molecule has 0 aliphatic carbocycles. The van der Waals surface area contributed by atoms with Crippen molar-refractivity contribution < 1.29 is 18.3 Å². The van der Waals surface area contributed by atoms with Crippen molar-refractivity contribution in [2.24, 2.45) is 10.2 Å². The van der Waals surface area contributed by atoms with E-state index in [1.807, 2.05) is 12.1 Å². The van der Waals surface area contributed by atoms with Crippen LogP contribution in [0.3, 0.4) is 0 Å². The predicted molar refractivity (Wildman–Crippen MR) is 109 cm³/mol. The highest BCUT2D eigenvalue weighted by atomic mass is 32.2. The van der Waals surface area contributed by atoms with Crippen LogP contribution in [0.4, 0.5) is 17.1 Å². The zero-order chi connectivity index (χ0) is 21.9. The first kappa shape index (κ1) is 20.5. The van der Waals surface area contributed by atoms with Gasteiger partial charge in [-0.1, -0.05) is 18.2 Å². The van der Waals surface area contributed by atoms with Crippen molar-refractivity contribution in [3.63, 3.8) is 0 Å². The van der Waals surface area contributed by atoms with E-state index in [2.05, 4.69) is 15.0 Å². The van der Waals surface area contributed by atoms with Crippen LogP contribution in [0, 0.1) is 22.7 Å². The van der Waals surface area contributed by atoms with E-state index in [0.717, 1.165) is 6.26 Å². The number of hydrogen-bond acceptors (Lipinski definition) is 7. The summed E-state index contributed by atoms with van der Waals surface area (Å²) in [6, 6.07) is 15.6. The number of nitrogens with one attached hydrogen (secondary N) is 1. The number of fused-ring (bicyclic) bond motifs is 1. The number of hydrogen-bond donors (Lipinski definition) is 2. The van der Waals surface area contributed by atoms with Crippen molar-refractivity contribution in [1.29, 1.82) is 10.5 Å². The van der Waals surface area contributed by atoms with Crippen molar-refractivity contribution >= 4 is 43.8 Å². The molecule has 10 heteroatoms. The zero-order valence-corrected chi connectivity index (χ0v) is 16.3. The maximum absolute atomic E-state index is 11.9. The minimum absolute atomic E-state index is 0.0503. The predicted octanol–water partition coefficient (Wildman–Crippen LogP) is 4.07. The molecule has 2 N–H and O–H groups in total. The van der Waals surface area contributed by atoms with Gasteiger partial charge in [0.05, 0.1) is 34.3 Å². The molecule has 0 spiro atoms. The number of azo groups is 1. The van der Waals surface area contributed by atoms with E-state index in [0.29, 0.717) is 5.39 Å². The molecular weight excluding hydrogens is 406 g/mol. The molecule has 0 aliphatic rings. The number of rotatable bonds is 5. The van der Waals surface area contributed by atoms with Gasteiger partial charge in [-0.3, -0.25) is 4.72 Å². The Hall–Kier alpha value is -4.28. The Balaban J connectivity index is 2.12. The first-order valence-corrected chi connectivity index (χ1v) is 10.3. The summed E-state index contributed by atoms with van der Waals surface area (Å²) in [6.45, 7) is 0. The molecular formula is C20H13N5O4S. The topological polar surface area (TPSA) is 156 Å². The van der Waals surface area contributed by atoms with Crippen LogP contribution in [-0.4, -0.2) is 25.7 Å². The fourth-order valence-corrected chi connectivity index (χ4v) is 3.42. The van der Waals surface area contributed by atoms with Gasteiger partial charge in [0, 0.05) is 10.8 Å². The summed E-state index contributed by atoms with van der Waals surface area (Å²) in [7, 11) is -3.56. The molecule has 3 rings (SSSR count). The van der Waals surface area contributed by atoms with Gasteiger partial charge in [0.25, 0.3) is 0 Å². The van der Waals surface area contributed by atoms with E-state index in [-0.39, 0.29) is 39.1 Å². The van der Waals surface area contributed by atoms with E-state index < -0.39 is 16.0 Å². The lowest BCUT2D eigenvalue weighted by Crippen LogP contribution is -2.10. The van der Waals surface area contributed by atoms with Crippen molar-refractivity contribution in [2.75, 3.05) is 11.0 Å². The number of carbonyl (C=O) groups is 1.